The molecule has 2 heterocycles. The molecule has 0 bridgehead atoms. The molecule has 0 saturated carbocycles. The molecule has 3 unspecified atom stereocenters. The topological polar surface area (TPSA) is 119 Å². The Morgan fingerprint density at radius 1 is 1.32 bits per heavy atom. The number of amides is 2. The van der Waals surface area contributed by atoms with Crippen LogP contribution in [0.2, 0.25) is 0 Å². The van der Waals surface area contributed by atoms with Crippen LogP contribution in [0, 0.1) is 5.92 Å². The lowest BCUT2D eigenvalue weighted by Gasteiger charge is -2.39. The van der Waals surface area contributed by atoms with Crippen molar-refractivity contribution in [2.24, 2.45) is 5.92 Å². The van der Waals surface area contributed by atoms with Gasteiger partial charge in [0.15, 0.2) is 0 Å². The SMILES string of the molecule is CC1=C(c2ccccc2)CN2NC(=O)C(C(=O)NCC(=O)O)C(O)C12. The second-order valence-corrected chi connectivity index (χ2v) is 6.16. The van der Waals surface area contributed by atoms with Crippen LogP contribution < -0.4 is 10.7 Å². The van der Waals surface area contributed by atoms with Crippen molar-refractivity contribution in [3.63, 3.8) is 0 Å². The Labute approximate surface area is 144 Å². The van der Waals surface area contributed by atoms with Crippen LogP contribution >= 0.6 is 0 Å². The fourth-order valence-electron chi connectivity index (χ4n) is 3.41. The Bertz CT molecular complexity index is 746. The van der Waals surface area contributed by atoms with Crippen LogP contribution in [0.4, 0.5) is 0 Å². The van der Waals surface area contributed by atoms with Crippen molar-refractivity contribution in [2.75, 3.05) is 13.1 Å². The highest BCUT2D eigenvalue weighted by Gasteiger charge is 2.49. The molecule has 2 aliphatic heterocycles. The molecule has 1 fully saturated rings. The number of carbonyl (C=O) groups excluding carboxylic acids is 2. The lowest BCUT2D eigenvalue weighted by atomic mass is 9.88. The first-order chi connectivity index (χ1) is 11.9. The van der Waals surface area contributed by atoms with E-state index < -0.39 is 42.4 Å². The normalized spacial score (nSPS) is 26.2. The second-order valence-electron chi connectivity index (χ2n) is 6.16. The Kier molecular flexibility index (Phi) is 4.56. The average Bonchev–Trinajstić information content (AvgIpc) is 2.90. The number of fused-ring (bicyclic) bond motifs is 1. The Hall–Kier alpha value is -2.71. The quantitative estimate of drug-likeness (QED) is 0.540. The Balaban J connectivity index is 1.85. The van der Waals surface area contributed by atoms with Crippen LogP contribution in [0.15, 0.2) is 35.9 Å². The van der Waals surface area contributed by atoms with E-state index in [0.29, 0.717) is 6.54 Å². The average molecular weight is 345 g/mol. The van der Waals surface area contributed by atoms with E-state index in [0.717, 1.165) is 16.7 Å². The van der Waals surface area contributed by atoms with Gasteiger partial charge in [-0.3, -0.25) is 19.8 Å². The Morgan fingerprint density at radius 2 is 2.00 bits per heavy atom. The molecule has 132 valence electrons. The molecule has 8 nitrogen and oxygen atoms in total. The molecule has 1 saturated heterocycles. The molecule has 3 atom stereocenters. The molecule has 1 aromatic carbocycles. The van der Waals surface area contributed by atoms with Crippen LogP contribution in [-0.2, 0) is 14.4 Å². The van der Waals surface area contributed by atoms with Gasteiger partial charge in [-0.1, -0.05) is 30.3 Å². The molecule has 3 rings (SSSR count). The zero-order valence-electron chi connectivity index (χ0n) is 13.6. The first-order valence-corrected chi connectivity index (χ1v) is 7.90. The summed E-state index contributed by atoms with van der Waals surface area (Å²) in [6.07, 6.45) is -1.26. The highest BCUT2D eigenvalue weighted by molar-refractivity contribution is 6.02. The number of carboxylic acid groups (broad SMARTS) is 1. The van der Waals surface area contributed by atoms with Gasteiger partial charge in [-0.05, 0) is 23.6 Å². The number of aliphatic carboxylic acids is 1. The standard InChI is InChI=1S/C17H19N3O5/c1-9-11(10-5-3-2-4-6-10)8-20-14(9)15(23)13(17(25)19-20)16(24)18-7-12(21)22/h2-6,13-15,23H,7-8H2,1H3,(H,18,24)(H,19,25)(H,21,22). The summed E-state index contributed by atoms with van der Waals surface area (Å²) in [5.74, 6) is -4.02. The predicted octanol–water partition coefficient (Wildman–Crippen LogP) is -0.633. The fourth-order valence-corrected chi connectivity index (χ4v) is 3.41. The first kappa shape index (κ1) is 17.1. The second kappa shape index (κ2) is 6.66. The summed E-state index contributed by atoms with van der Waals surface area (Å²) in [6, 6.07) is 9.08. The zero-order valence-corrected chi connectivity index (χ0v) is 13.6. The fraction of sp³-hybridized carbons (Fsp3) is 0.353. The molecule has 0 aliphatic carbocycles. The van der Waals surface area contributed by atoms with Crippen molar-refractivity contribution in [3.8, 4) is 0 Å². The van der Waals surface area contributed by atoms with Crippen LogP contribution in [0.5, 0.6) is 0 Å². The van der Waals surface area contributed by atoms with Crippen LogP contribution in [0.1, 0.15) is 12.5 Å². The molecular formula is C17H19N3O5. The number of carboxylic acids is 1. The number of rotatable bonds is 4. The van der Waals surface area contributed by atoms with Crippen molar-refractivity contribution in [1.82, 2.24) is 15.8 Å². The van der Waals surface area contributed by atoms with Gasteiger partial charge in [-0.25, -0.2) is 5.01 Å². The van der Waals surface area contributed by atoms with Gasteiger partial charge in [0.2, 0.25) is 11.8 Å². The van der Waals surface area contributed by atoms with Gasteiger partial charge < -0.3 is 15.5 Å². The molecule has 2 amide bonds. The summed E-state index contributed by atoms with van der Waals surface area (Å²) in [7, 11) is 0. The van der Waals surface area contributed by atoms with Crippen LogP contribution in [-0.4, -0.2) is 58.2 Å². The summed E-state index contributed by atoms with van der Waals surface area (Å²) in [6.45, 7) is 1.68. The van der Waals surface area contributed by atoms with Gasteiger partial charge >= 0.3 is 5.97 Å². The first-order valence-electron chi connectivity index (χ1n) is 7.90. The van der Waals surface area contributed by atoms with E-state index in [2.05, 4.69) is 10.7 Å². The minimum absolute atomic E-state index is 0.423. The number of benzene rings is 1. The lowest BCUT2D eigenvalue weighted by Crippen LogP contribution is -2.64. The highest BCUT2D eigenvalue weighted by Crippen LogP contribution is 2.35. The van der Waals surface area contributed by atoms with E-state index in [9.17, 15) is 19.5 Å². The maximum absolute atomic E-state index is 12.2. The third kappa shape index (κ3) is 3.13. The highest BCUT2D eigenvalue weighted by atomic mass is 16.4. The monoisotopic (exact) mass is 345 g/mol. The van der Waals surface area contributed by atoms with Gasteiger partial charge in [-0.2, -0.15) is 0 Å². The molecule has 4 N–H and O–H groups in total. The van der Waals surface area contributed by atoms with Crippen molar-refractivity contribution in [2.45, 2.75) is 19.1 Å². The molecule has 0 aromatic heterocycles. The van der Waals surface area contributed by atoms with Gasteiger partial charge in [0.25, 0.3) is 0 Å². The minimum atomic E-state index is -1.36. The minimum Gasteiger partial charge on any atom is -0.480 e. The van der Waals surface area contributed by atoms with Gasteiger partial charge in [0, 0.05) is 6.54 Å². The van der Waals surface area contributed by atoms with Crippen LogP contribution in [0.3, 0.4) is 0 Å². The number of hydrogen-bond donors (Lipinski definition) is 4. The maximum atomic E-state index is 12.2. The van der Waals surface area contributed by atoms with Crippen molar-refractivity contribution in [3.05, 3.63) is 41.5 Å². The summed E-state index contributed by atoms with van der Waals surface area (Å²) in [4.78, 5) is 35.0. The van der Waals surface area contributed by atoms with E-state index in [4.69, 9.17) is 5.11 Å². The van der Waals surface area contributed by atoms with Crippen molar-refractivity contribution in [1.29, 1.82) is 0 Å². The number of nitrogens with zero attached hydrogens (tertiary/aromatic N) is 1. The van der Waals surface area contributed by atoms with E-state index in [1.807, 2.05) is 37.3 Å². The van der Waals surface area contributed by atoms with Crippen molar-refractivity contribution < 1.29 is 24.6 Å². The summed E-state index contributed by atoms with van der Waals surface area (Å²) >= 11 is 0. The number of aliphatic hydroxyl groups excluding tert-OH is 1. The third-order valence-electron chi connectivity index (χ3n) is 4.60. The molecule has 0 radical (unpaired) electrons. The molecule has 8 heteroatoms. The molecule has 0 spiro atoms. The number of aliphatic hydroxyl groups is 1. The third-order valence-corrected chi connectivity index (χ3v) is 4.60. The number of nitrogens with one attached hydrogen (secondary N) is 2. The van der Waals surface area contributed by atoms with Crippen molar-refractivity contribution >= 4 is 23.4 Å². The summed E-state index contributed by atoms with van der Waals surface area (Å²) in [5.41, 5.74) is 5.48. The van der Waals surface area contributed by atoms with Crippen LogP contribution in [0.25, 0.3) is 5.57 Å². The van der Waals surface area contributed by atoms with E-state index in [1.165, 1.54) is 0 Å². The van der Waals surface area contributed by atoms with Gasteiger partial charge in [0.05, 0.1) is 12.1 Å². The largest absolute Gasteiger partial charge is 0.480 e. The number of hydrazine groups is 1. The van der Waals surface area contributed by atoms with Gasteiger partial charge in [0.1, 0.15) is 12.5 Å². The summed E-state index contributed by atoms with van der Waals surface area (Å²) < 4.78 is 0. The summed E-state index contributed by atoms with van der Waals surface area (Å²) in [5, 5.41) is 23.1. The number of carbonyl (C=O) groups is 3. The molecule has 25 heavy (non-hydrogen) atoms. The predicted molar refractivity (Wildman–Crippen MR) is 87.8 cm³/mol. The lowest BCUT2D eigenvalue weighted by molar-refractivity contribution is -0.154. The van der Waals surface area contributed by atoms with E-state index in [-0.39, 0.29) is 0 Å². The van der Waals surface area contributed by atoms with E-state index >= 15 is 0 Å². The maximum Gasteiger partial charge on any atom is 0.322 e. The molecular weight excluding hydrogens is 326 g/mol. The van der Waals surface area contributed by atoms with E-state index in [1.54, 1.807) is 5.01 Å². The molecule has 1 aromatic rings. The number of hydrogen-bond acceptors (Lipinski definition) is 5. The van der Waals surface area contributed by atoms with Gasteiger partial charge in [-0.15, -0.1) is 0 Å². The smallest absolute Gasteiger partial charge is 0.322 e. The zero-order chi connectivity index (χ0) is 18.1. The molecule has 2 aliphatic rings. The Morgan fingerprint density at radius 3 is 2.64 bits per heavy atom.